The molecule has 5 nitrogen and oxygen atoms in total. The molecule has 0 unspecified atom stereocenters. The predicted molar refractivity (Wildman–Crippen MR) is 116 cm³/mol. The molecule has 146 valence electrons. The molecule has 3 aromatic carbocycles. The fourth-order valence-corrected chi connectivity index (χ4v) is 3.11. The molecule has 3 aromatic rings. The number of nitriles is 2. The molecule has 0 aliphatic rings. The molecular formula is C24H15BrN2O3. The van der Waals surface area contributed by atoms with Crippen LogP contribution in [0.5, 0.6) is 11.5 Å². The quantitative estimate of drug-likeness (QED) is 0.275. The van der Waals surface area contributed by atoms with Crippen molar-refractivity contribution in [3.8, 4) is 34.8 Å². The summed E-state index contributed by atoms with van der Waals surface area (Å²) in [5.74, 6) is 0.328. The molecule has 0 aromatic heterocycles. The van der Waals surface area contributed by atoms with Gasteiger partial charge in [-0.1, -0.05) is 48.5 Å². The van der Waals surface area contributed by atoms with Crippen molar-refractivity contribution >= 4 is 28.0 Å². The normalized spacial score (nSPS) is 9.70. The molecule has 0 heterocycles. The van der Waals surface area contributed by atoms with Crippen LogP contribution in [0.4, 0.5) is 0 Å². The summed E-state index contributed by atoms with van der Waals surface area (Å²) < 4.78 is 11.6. The Labute approximate surface area is 182 Å². The Bertz CT molecular complexity index is 1140. The maximum atomic E-state index is 12.1. The number of hydrogen-bond acceptors (Lipinski definition) is 5. The van der Waals surface area contributed by atoms with Gasteiger partial charge in [0.15, 0.2) is 6.61 Å². The molecule has 3 rings (SSSR count). The van der Waals surface area contributed by atoms with E-state index in [0.29, 0.717) is 17.1 Å². The van der Waals surface area contributed by atoms with E-state index in [1.54, 1.807) is 42.5 Å². The lowest BCUT2D eigenvalue weighted by atomic mass is 10.1. The van der Waals surface area contributed by atoms with Crippen molar-refractivity contribution in [1.29, 1.82) is 10.5 Å². The number of carbonyl (C=O) groups is 1. The number of benzene rings is 3. The zero-order valence-electron chi connectivity index (χ0n) is 15.7. The zero-order chi connectivity index (χ0) is 21.3. The number of halogens is 1. The van der Waals surface area contributed by atoms with Crippen molar-refractivity contribution in [3.63, 3.8) is 0 Å². The van der Waals surface area contributed by atoms with Crippen LogP contribution < -0.4 is 9.47 Å². The van der Waals surface area contributed by atoms with Crippen LogP contribution in [0.2, 0.25) is 0 Å². The molecule has 0 amide bonds. The van der Waals surface area contributed by atoms with Gasteiger partial charge in [0.1, 0.15) is 29.2 Å². The molecule has 0 fully saturated rings. The fraction of sp³-hybridized carbons (Fsp3) is 0.0417. The minimum Gasteiger partial charge on any atom is -0.481 e. The van der Waals surface area contributed by atoms with Gasteiger partial charge in [-0.25, -0.2) is 4.79 Å². The first kappa shape index (κ1) is 20.9. The molecule has 0 saturated heterocycles. The van der Waals surface area contributed by atoms with Crippen molar-refractivity contribution in [1.82, 2.24) is 0 Å². The van der Waals surface area contributed by atoms with E-state index >= 15 is 0 Å². The number of nitrogens with zero attached hydrogens (tertiary/aromatic N) is 2. The van der Waals surface area contributed by atoms with Crippen LogP contribution in [0.25, 0.3) is 17.2 Å². The highest BCUT2D eigenvalue weighted by Gasteiger charge is 2.09. The number of hydrogen-bond donors (Lipinski definition) is 0. The summed E-state index contributed by atoms with van der Waals surface area (Å²) in [7, 11) is 0. The van der Waals surface area contributed by atoms with Crippen LogP contribution in [0, 0.1) is 22.7 Å². The molecule has 30 heavy (non-hydrogen) atoms. The smallest absolute Gasteiger partial charge is 0.349 e. The van der Waals surface area contributed by atoms with E-state index in [0.717, 1.165) is 15.6 Å². The number of carbonyl (C=O) groups excluding carboxylic acids is 1. The number of esters is 1. The van der Waals surface area contributed by atoms with Crippen LogP contribution >= 0.6 is 15.9 Å². The van der Waals surface area contributed by atoms with Gasteiger partial charge in [-0.15, -0.1) is 0 Å². The number of allylic oxidation sites excluding steroid dienone is 1. The zero-order valence-corrected chi connectivity index (χ0v) is 17.3. The minimum atomic E-state index is -0.549. The second-order valence-corrected chi connectivity index (χ2v) is 6.98. The average molecular weight is 459 g/mol. The molecule has 6 heteroatoms. The summed E-state index contributed by atoms with van der Waals surface area (Å²) in [4.78, 5) is 12.1. The van der Waals surface area contributed by atoms with Crippen molar-refractivity contribution in [2.24, 2.45) is 0 Å². The van der Waals surface area contributed by atoms with Gasteiger partial charge >= 0.3 is 5.97 Å². The van der Waals surface area contributed by atoms with Crippen LogP contribution in [0.3, 0.4) is 0 Å². The van der Waals surface area contributed by atoms with E-state index < -0.39 is 5.97 Å². The molecule has 0 radical (unpaired) electrons. The minimum absolute atomic E-state index is 0.00277. The van der Waals surface area contributed by atoms with E-state index in [2.05, 4.69) is 15.9 Å². The van der Waals surface area contributed by atoms with Crippen LogP contribution in [0.1, 0.15) is 5.56 Å². The van der Waals surface area contributed by atoms with E-state index in [1.807, 2.05) is 42.5 Å². The summed E-state index contributed by atoms with van der Waals surface area (Å²) in [6, 6.07) is 25.6. The highest BCUT2D eigenvalue weighted by Crippen LogP contribution is 2.30. The van der Waals surface area contributed by atoms with Gasteiger partial charge in [-0.05, 0) is 63.0 Å². The maximum Gasteiger partial charge on any atom is 0.349 e. The Morgan fingerprint density at radius 2 is 1.63 bits per heavy atom. The lowest BCUT2D eigenvalue weighted by Gasteiger charge is -2.10. The third kappa shape index (κ3) is 5.57. The Morgan fingerprint density at radius 1 is 0.933 bits per heavy atom. The van der Waals surface area contributed by atoms with E-state index in [4.69, 9.17) is 20.0 Å². The summed E-state index contributed by atoms with van der Waals surface area (Å²) >= 11 is 3.47. The molecule has 0 N–H and O–H groups in total. The third-order valence-corrected chi connectivity index (χ3v) is 4.67. The summed E-state index contributed by atoms with van der Waals surface area (Å²) in [6.45, 7) is -0.252. The Hall–Kier alpha value is -3.87. The highest BCUT2D eigenvalue weighted by atomic mass is 79.9. The first-order valence-corrected chi connectivity index (χ1v) is 9.69. The molecule has 0 bridgehead atoms. The van der Waals surface area contributed by atoms with Gasteiger partial charge < -0.3 is 9.47 Å². The Kier molecular flexibility index (Phi) is 7.00. The molecule has 0 aliphatic heterocycles. The first-order valence-electron chi connectivity index (χ1n) is 8.89. The Balaban J connectivity index is 1.58. The Morgan fingerprint density at radius 3 is 2.27 bits per heavy atom. The molecule has 0 saturated carbocycles. The standard InChI is InChI=1S/C24H15BrN2O3/c25-22-13-20(19-4-2-1-3-5-19)8-11-23(22)29-16-24(28)30-21-9-6-17(7-10-21)12-18(14-26)15-27/h1-13H,16H2. The average Bonchev–Trinajstić information content (AvgIpc) is 2.78. The van der Waals surface area contributed by atoms with Crippen molar-refractivity contribution in [2.75, 3.05) is 6.61 Å². The SMILES string of the molecule is N#CC(C#N)=Cc1ccc(OC(=O)COc2ccc(-c3ccccc3)cc2Br)cc1. The second-order valence-electron chi connectivity index (χ2n) is 6.12. The van der Waals surface area contributed by atoms with Gasteiger partial charge in [-0.3, -0.25) is 0 Å². The molecule has 0 spiro atoms. The van der Waals surface area contributed by atoms with E-state index in [-0.39, 0.29) is 12.2 Å². The largest absolute Gasteiger partial charge is 0.481 e. The lowest BCUT2D eigenvalue weighted by molar-refractivity contribution is -0.136. The van der Waals surface area contributed by atoms with E-state index in [9.17, 15) is 4.79 Å². The molecule has 0 aliphatic carbocycles. The van der Waals surface area contributed by atoms with Crippen molar-refractivity contribution < 1.29 is 14.3 Å². The number of rotatable bonds is 6. The topological polar surface area (TPSA) is 83.1 Å². The van der Waals surface area contributed by atoms with Gasteiger partial charge in [0, 0.05) is 0 Å². The van der Waals surface area contributed by atoms with Crippen molar-refractivity contribution in [3.05, 3.63) is 88.4 Å². The lowest BCUT2D eigenvalue weighted by Crippen LogP contribution is -2.17. The van der Waals surface area contributed by atoms with Crippen LogP contribution in [0.15, 0.2) is 82.8 Å². The van der Waals surface area contributed by atoms with Gasteiger partial charge in [0.25, 0.3) is 0 Å². The number of ether oxygens (including phenoxy) is 2. The fourth-order valence-electron chi connectivity index (χ4n) is 2.61. The summed E-state index contributed by atoms with van der Waals surface area (Å²) in [5, 5.41) is 17.6. The van der Waals surface area contributed by atoms with Gasteiger partial charge in [0.05, 0.1) is 4.47 Å². The maximum absolute atomic E-state index is 12.1. The van der Waals surface area contributed by atoms with Crippen LogP contribution in [-0.4, -0.2) is 12.6 Å². The molecular weight excluding hydrogens is 444 g/mol. The van der Waals surface area contributed by atoms with Crippen molar-refractivity contribution in [2.45, 2.75) is 0 Å². The summed E-state index contributed by atoms with van der Waals surface area (Å²) in [6.07, 6.45) is 1.45. The monoisotopic (exact) mass is 458 g/mol. The predicted octanol–water partition coefficient (Wildman–Crippen LogP) is 5.53. The third-order valence-electron chi connectivity index (χ3n) is 4.05. The summed E-state index contributed by atoms with van der Waals surface area (Å²) in [5.41, 5.74) is 2.77. The second kappa shape index (κ2) is 10.1. The van der Waals surface area contributed by atoms with Crippen LogP contribution in [-0.2, 0) is 4.79 Å². The van der Waals surface area contributed by atoms with Gasteiger partial charge in [-0.2, -0.15) is 10.5 Å². The molecule has 0 atom stereocenters. The van der Waals surface area contributed by atoms with Gasteiger partial charge in [0.2, 0.25) is 0 Å². The highest BCUT2D eigenvalue weighted by molar-refractivity contribution is 9.10. The van der Waals surface area contributed by atoms with E-state index in [1.165, 1.54) is 6.08 Å². The first-order chi connectivity index (χ1) is 14.6.